The minimum atomic E-state index is -0.389. The number of aryl methyl sites for hydroxylation is 2. The maximum Gasteiger partial charge on any atom is 0.264 e. The van der Waals surface area contributed by atoms with E-state index in [2.05, 4.69) is 15.5 Å². The largest absolute Gasteiger partial charge is 0.497 e. The molecule has 2 heterocycles. The van der Waals surface area contributed by atoms with Crippen LogP contribution >= 0.6 is 11.6 Å². The Labute approximate surface area is 201 Å². The lowest BCUT2D eigenvalue weighted by molar-refractivity contribution is -0.116. The number of nitrogens with one attached hydrogen (secondary N) is 1. The van der Waals surface area contributed by atoms with Crippen molar-refractivity contribution in [1.82, 2.24) is 14.7 Å². The first-order valence-corrected chi connectivity index (χ1v) is 10.9. The number of ether oxygens (including phenoxy) is 1. The summed E-state index contributed by atoms with van der Waals surface area (Å²) in [6, 6.07) is 14.2. The molecule has 174 valence electrons. The second-order valence-electron chi connectivity index (χ2n) is 7.85. The number of carbonyl (C=O) groups is 1. The minimum absolute atomic E-state index is 0.0909. The van der Waals surface area contributed by atoms with Crippen molar-refractivity contribution in [3.05, 3.63) is 80.7 Å². The van der Waals surface area contributed by atoms with Crippen molar-refractivity contribution in [1.29, 1.82) is 0 Å². The van der Waals surface area contributed by atoms with Gasteiger partial charge in [0.25, 0.3) is 11.4 Å². The SMILES string of the molecule is COc1ccc(-c2noc(-c3c(C)cc(C)n(CC(=O)Nc4cccc(Cl)c4C)c3=O)n2)cc1. The fourth-order valence-electron chi connectivity index (χ4n) is 3.64. The molecule has 0 saturated carbocycles. The maximum absolute atomic E-state index is 13.4. The Balaban J connectivity index is 1.64. The molecule has 0 atom stereocenters. The number of methoxy groups -OCH3 is 1. The van der Waals surface area contributed by atoms with E-state index in [1.165, 1.54) is 4.57 Å². The first-order chi connectivity index (χ1) is 16.3. The van der Waals surface area contributed by atoms with Crippen LogP contribution in [0.2, 0.25) is 5.02 Å². The first-order valence-electron chi connectivity index (χ1n) is 10.5. The lowest BCUT2D eigenvalue weighted by Crippen LogP contribution is -2.30. The summed E-state index contributed by atoms with van der Waals surface area (Å²) in [7, 11) is 1.59. The van der Waals surface area contributed by atoms with E-state index >= 15 is 0 Å². The molecule has 4 rings (SSSR count). The van der Waals surface area contributed by atoms with Gasteiger partial charge >= 0.3 is 0 Å². The van der Waals surface area contributed by atoms with Gasteiger partial charge in [-0.3, -0.25) is 9.59 Å². The molecule has 2 aromatic heterocycles. The summed E-state index contributed by atoms with van der Waals surface area (Å²) >= 11 is 6.14. The van der Waals surface area contributed by atoms with E-state index in [0.29, 0.717) is 33.5 Å². The van der Waals surface area contributed by atoms with Crippen LogP contribution in [0.3, 0.4) is 0 Å². The molecule has 8 nitrogen and oxygen atoms in total. The van der Waals surface area contributed by atoms with Gasteiger partial charge < -0.3 is 19.1 Å². The quantitative estimate of drug-likeness (QED) is 0.427. The van der Waals surface area contributed by atoms with Crippen LogP contribution in [0.15, 0.2) is 57.8 Å². The summed E-state index contributed by atoms with van der Waals surface area (Å²) in [5, 5.41) is 7.39. The van der Waals surface area contributed by atoms with E-state index in [4.69, 9.17) is 20.9 Å². The van der Waals surface area contributed by atoms with E-state index < -0.39 is 0 Å². The number of hydrogen-bond acceptors (Lipinski definition) is 6. The third-order valence-corrected chi connectivity index (χ3v) is 5.95. The van der Waals surface area contributed by atoms with Gasteiger partial charge in [-0.15, -0.1) is 0 Å². The standard InChI is InChI=1S/C25H23ClN4O4/c1-14-12-15(2)30(13-21(31)27-20-7-5-6-19(26)16(20)3)25(32)22(14)24-28-23(29-34-24)17-8-10-18(33-4)11-9-17/h5-12H,13H2,1-4H3,(H,27,31). The first kappa shape index (κ1) is 23.3. The molecule has 0 saturated heterocycles. The molecule has 0 bridgehead atoms. The highest BCUT2D eigenvalue weighted by Crippen LogP contribution is 2.25. The molecule has 9 heteroatoms. The van der Waals surface area contributed by atoms with E-state index in [9.17, 15) is 9.59 Å². The second kappa shape index (κ2) is 9.52. The van der Waals surface area contributed by atoms with E-state index in [-0.39, 0.29) is 29.5 Å². The topological polar surface area (TPSA) is 99.3 Å². The van der Waals surface area contributed by atoms with Crippen molar-refractivity contribution in [2.45, 2.75) is 27.3 Å². The number of benzene rings is 2. The van der Waals surface area contributed by atoms with Crippen LogP contribution in [0.25, 0.3) is 22.8 Å². The molecular formula is C25H23ClN4O4. The van der Waals surface area contributed by atoms with Gasteiger partial charge in [0, 0.05) is 22.0 Å². The van der Waals surface area contributed by atoms with Crippen LogP contribution < -0.4 is 15.6 Å². The molecule has 2 aromatic carbocycles. The lowest BCUT2D eigenvalue weighted by atomic mass is 10.1. The fourth-order valence-corrected chi connectivity index (χ4v) is 3.82. The summed E-state index contributed by atoms with van der Waals surface area (Å²) in [5.74, 6) is 0.789. The van der Waals surface area contributed by atoms with Gasteiger partial charge in [-0.2, -0.15) is 4.98 Å². The number of hydrogen-bond donors (Lipinski definition) is 1. The van der Waals surface area contributed by atoms with E-state index in [1.54, 1.807) is 63.4 Å². The monoisotopic (exact) mass is 478 g/mol. The molecule has 0 radical (unpaired) electrons. The average molecular weight is 479 g/mol. The summed E-state index contributed by atoms with van der Waals surface area (Å²) < 4.78 is 12.0. The molecule has 0 spiro atoms. The van der Waals surface area contributed by atoms with Crippen LogP contribution in [0.4, 0.5) is 5.69 Å². The van der Waals surface area contributed by atoms with Gasteiger partial charge in [-0.05, 0) is 74.4 Å². The molecule has 34 heavy (non-hydrogen) atoms. The number of carbonyl (C=O) groups excluding carboxylic acids is 1. The summed E-state index contributed by atoms with van der Waals surface area (Å²) in [6.45, 7) is 5.20. The zero-order valence-corrected chi connectivity index (χ0v) is 19.9. The Hall–Kier alpha value is -3.91. The van der Waals surface area contributed by atoms with Gasteiger partial charge in [-0.1, -0.05) is 22.8 Å². The number of pyridine rings is 1. The van der Waals surface area contributed by atoms with Crippen LogP contribution in [0.5, 0.6) is 5.75 Å². The van der Waals surface area contributed by atoms with Crippen molar-refractivity contribution in [3.8, 4) is 28.6 Å². The van der Waals surface area contributed by atoms with Crippen LogP contribution in [-0.2, 0) is 11.3 Å². The van der Waals surface area contributed by atoms with Gasteiger partial charge in [-0.25, -0.2) is 0 Å². The van der Waals surface area contributed by atoms with Gasteiger partial charge in [0.2, 0.25) is 11.7 Å². The minimum Gasteiger partial charge on any atom is -0.497 e. The van der Waals surface area contributed by atoms with Crippen molar-refractivity contribution >= 4 is 23.2 Å². The van der Waals surface area contributed by atoms with Crippen molar-refractivity contribution in [2.24, 2.45) is 0 Å². The smallest absolute Gasteiger partial charge is 0.264 e. The van der Waals surface area contributed by atoms with E-state index in [1.807, 2.05) is 13.0 Å². The maximum atomic E-state index is 13.4. The number of nitrogens with zero attached hydrogens (tertiary/aromatic N) is 3. The molecule has 4 aromatic rings. The number of aromatic nitrogens is 3. The normalized spacial score (nSPS) is 10.9. The zero-order valence-electron chi connectivity index (χ0n) is 19.2. The molecule has 0 aliphatic heterocycles. The van der Waals surface area contributed by atoms with Crippen molar-refractivity contribution in [3.63, 3.8) is 0 Å². The highest BCUT2D eigenvalue weighted by molar-refractivity contribution is 6.31. The number of rotatable bonds is 6. The Morgan fingerprint density at radius 2 is 1.88 bits per heavy atom. The number of amides is 1. The van der Waals surface area contributed by atoms with Crippen molar-refractivity contribution in [2.75, 3.05) is 12.4 Å². The summed E-state index contributed by atoms with van der Waals surface area (Å²) in [5.41, 5.74) is 3.25. The van der Waals surface area contributed by atoms with Gasteiger partial charge in [0.1, 0.15) is 17.9 Å². The second-order valence-corrected chi connectivity index (χ2v) is 8.25. The summed E-state index contributed by atoms with van der Waals surface area (Å²) in [4.78, 5) is 30.5. The van der Waals surface area contributed by atoms with Gasteiger partial charge in [0.15, 0.2) is 0 Å². The molecule has 0 fully saturated rings. The molecular weight excluding hydrogens is 456 g/mol. The highest BCUT2D eigenvalue weighted by atomic mass is 35.5. The number of halogens is 1. The third kappa shape index (κ3) is 4.58. The van der Waals surface area contributed by atoms with Gasteiger partial charge in [0.05, 0.1) is 7.11 Å². The van der Waals surface area contributed by atoms with Crippen LogP contribution in [0.1, 0.15) is 16.8 Å². The summed E-state index contributed by atoms with van der Waals surface area (Å²) in [6.07, 6.45) is 0. The van der Waals surface area contributed by atoms with Crippen LogP contribution in [-0.4, -0.2) is 27.7 Å². The van der Waals surface area contributed by atoms with Crippen molar-refractivity contribution < 1.29 is 14.1 Å². The van der Waals surface area contributed by atoms with Crippen LogP contribution in [0, 0.1) is 20.8 Å². The lowest BCUT2D eigenvalue weighted by Gasteiger charge is -2.14. The fraction of sp³-hybridized carbons (Fsp3) is 0.200. The third-order valence-electron chi connectivity index (χ3n) is 5.54. The number of anilines is 1. The molecule has 1 amide bonds. The zero-order chi connectivity index (χ0) is 24.4. The highest BCUT2D eigenvalue weighted by Gasteiger charge is 2.20. The Bertz CT molecular complexity index is 1420. The molecule has 1 N–H and O–H groups in total. The Morgan fingerprint density at radius 3 is 2.59 bits per heavy atom. The average Bonchev–Trinajstić information content (AvgIpc) is 3.29. The Morgan fingerprint density at radius 1 is 1.15 bits per heavy atom. The predicted molar refractivity (Wildman–Crippen MR) is 130 cm³/mol. The van der Waals surface area contributed by atoms with E-state index in [0.717, 1.165) is 11.1 Å². The molecule has 0 unspecified atom stereocenters. The molecule has 0 aliphatic carbocycles. The Kier molecular flexibility index (Phi) is 6.51. The predicted octanol–water partition coefficient (Wildman–Crippen LogP) is 4.79. The molecule has 0 aliphatic rings.